The molecule has 0 saturated carbocycles. The Balaban J connectivity index is 2.07. The van der Waals surface area contributed by atoms with Gasteiger partial charge in [-0.15, -0.1) is 0 Å². The van der Waals surface area contributed by atoms with Crippen LogP contribution in [0.1, 0.15) is 12.5 Å². The predicted octanol–water partition coefficient (Wildman–Crippen LogP) is 3.08. The molecule has 0 spiro atoms. The smallest absolute Gasteiger partial charge is 0.243 e. The van der Waals surface area contributed by atoms with E-state index in [1.807, 2.05) is 50.2 Å². The molecule has 0 unspecified atom stereocenters. The zero-order chi connectivity index (χ0) is 20.9. The van der Waals surface area contributed by atoms with Crippen molar-refractivity contribution in [2.24, 2.45) is 0 Å². The number of anilines is 1. The molecule has 0 aromatic heterocycles. The molecule has 0 N–H and O–H groups in total. The molecule has 0 aliphatic rings. The topological polar surface area (TPSA) is 60.9 Å². The quantitative estimate of drug-likeness (QED) is 0.654. The van der Waals surface area contributed by atoms with E-state index in [4.69, 9.17) is 11.6 Å². The Kier molecular flexibility index (Phi) is 7.46. The maximum atomic E-state index is 12.7. The molecular weight excluding hydrogens is 398 g/mol. The lowest BCUT2D eigenvalue weighted by Crippen LogP contribution is -2.40. The van der Waals surface area contributed by atoms with E-state index < -0.39 is 10.0 Å². The van der Waals surface area contributed by atoms with Gasteiger partial charge in [-0.2, -0.15) is 4.31 Å². The van der Waals surface area contributed by atoms with Crippen LogP contribution in [0.2, 0.25) is 5.02 Å². The normalized spacial score (nSPS) is 11.5. The zero-order valence-corrected chi connectivity index (χ0v) is 18.2. The van der Waals surface area contributed by atoms with Crippen molar-refractivity contribution in [3.05, 3.63) is 59.1 Å². The van der Waals surface area contributed by atoms with Gasteiger partial charge in [0.1, 0.15) is 0 Å². The van der Waals surface area contributed by atoms with Crippen LogP contribution in [0.4, 0.5) is 5.69 Å². The summed E-state index contributed by atoms with van der Waals surface area (Å²) in [5, 5.41) is 0.454. The molecule has 0 bridgehead atoms. The highest BCUT2D eigenvalue weighted by atomic mass is 35.5. The summed E-state index contributed by atoms with van der Waals surface area (Å²) < 4.78 is 26.4. The molecule has 28 heavy (non-hydrogen) atoms. The first-order valence-electron chi connectivity index (χ1n) is 8.91. The largest absolute Gasteiger partial charge is 0.378 e. The van der Waals surface area contributed by atoms with Crippen LogP contribution < -0.4 is 4.90 Å². The van der Waals surface area contributed by atoms with Crippen LogP contribution in [0.25, 0.3) is 0 Å². The van der Waals surface area contributed by atoms with Gasteiger partial charge in [0.15, 0.2) is 0 Å². The van der Waals surface area contributed by atoms with Crippen molar-refractivity contribution >= 4 is 33.2 Å². The molecule has 2 rings (SSSR count). The Hall–Kier alpha value is -2.09. The third-order valence-electron chi connectivity index (χ3n) is 4.44. The zero-order valence-electron chi connectivity index (χ0n) is 16.6. The van der Waals surface area contributed by atoms with Gasteiger partial charge < -0.3 is 9.80 Å². The molecule has 2 aromatic carbocycles. The van der Waals surface area contributed by atoms with Crippen molar-refractivity contribution in [3.63, 3.8) is 0 Å². The second-order valence-corrected chi connectivity index (χ2v) is 9.17. The fourth-order valence-electron chi connectivity index (χ4n) is 2.66. The van der Waals surface area contributed by atoms with E-state index in [1.54, 1.807) is 4.90 Å². The molecule has 0 heterocycles. The lowest BCUT2D eigenvalue weighted by molar-refractivity contribution is -0.131. The summed E-state index contributed by atoms with van der Waals surface area (Å²) in [6, 6.07) is 13.8. The number of benzene rings is 2. The molecule has 0 fully saturated rings. The number of hydrogen-bond acceptors (Lipinski definition) is 4. The van der Waals surface area contributed by atoms with Crippen molar-refractivity contribution in [2.45, 2.75) is 18.4 Å². The SMILES string of the molecule is CCN(Cc1ccc(N(C)C)cc1)C(=O)CN(C)S(=O)(=O)c1ccc(Cl)cc1. The summed E-state index contributed by atoms with van der Waals surface area (Å²) in [7, 11) is 1.58. The minimum absolute atomic E-state index is 0.106. The number of halogens is 1. The number of carbonyl (C=O) groups is 1. The number of rotatable bonds is 8. The molecule has 0 aliphatic heterocycles. The Morgan fingerprint density at radius 3 is 2.04 bits per heavy atom. The third kappa shape index (κ3) is 5.47. The predicted molar refractivity (Wildman–Crippen MR) is 113 cm³/mol. The first kappa shape index (κ1) is 22.2. The van der Waals surface area contributed by atoms with E-state index in [0.717, 1.165) is 15.6 Å². The molecule has 0 aliphatic carbocycles. The Morgan fingerprint density at radius 2 is 1.54 bits per heavy atom. The van der Waals surface area contributed by atoms with Gasteiger partial charge in [-0.3, -0.25) is 4.79 Å². The monoisotopic (exact) mass is 423 g/mol. The van der Waals surface area contributed by atoms with Crippen LogP contribution in [0.3, 0.4) is 0 Å². The van der Waals surface area contributed by atoms with Crippen LogP contribution in [0.5, 0.6) is 0 Å². The van der Waals surface area contributed by atoms with Crippen LogP contribution in [-0.2, 0) is 21.4 Å². The fraction of sp³-hybridized carbons (Fsp3) is 0.350. The molecule has 6 nitrogen and oxygen atoms in total. The van der Waals surface area contributed by atoms with E-state index >= 15 is 0 Å². The van der Waals surface area contributed by atoms with E-state index in [-0.39, 0.29) is 17.3 Å². The summed E-state index contributed by atoms with van der Waals surface area (Å²) in [6.45, 7) is 2.56. The van der Waals surface area contributed by atoms with E-state index in [9.17, 15) is 13.2 Å². The third-order valence-corrected chi connectivity index (χ3v) is 6.51. The first-order chi connectivity index (χ1) is 13.1. The van der Waals surface area contributed by atoms with E-state index in [2.05, 4.69) is 0 Å². The van der Waals surface area contributed by atoms with Crippen molar-refractivity contribution in [1.82, 2.24) is 9.21 Å². The van der Waals surface area contributed by atoms with Gasteiger partial charge >= 0.3 is 0 Å². The maximum absolute atomic E-state index is 12.7. The van der Waals surface area contributed by atoms with Crippen molar-refractivity contribution < 1.29 is 13.2 Å². The highest BCUT2D eigenvalue weighted by molar-refractivity contribution is 7.89. The number of likely N-dealkylation sites (N-methyl/N-ethyl adjacent to an activating group) is 2. The molecule has 0 radical (unpaired) electrons. The van der Waals surface area contributed by atoms with Crippen molar-refractivity contribution in [2.75, 3.05) is 39.1 Å². The first-order valence-corrected chi connectivity index (χ1v) is 10.7. The van der Waals surface area contributed by atoms with Gasteiger partial charge in [0.25, 0.3) is 0 Å². The second kappa shape index (κ2) is 9.41. The Labute approximate surface area is 172 Å². The minimum Gasteiger partial charge on any atom is -0.378 e. The minimum atomic E-state index is -3.76. The van der Waals surface area contributed by atoms with Gasteiger partial charge in [-0.25, -0.2) is 8.42 Å². The van der Waals surface area contributed by atoms with Crippen LogP contribution in [0.15, 0.2) is 53.4 Å². The highest BCUT2D eigenvalue weighted by Crippen LogP contribution is 2.18. The van der Waals surface area contributed by atoms with Crippen LogP contribution in [-0.4, -0.2) is 57.8 Å². The summed E-state index contributed by atoms with van der Waals surface area (Å²) in [5.74, 6) is -0.251. The lowest BCUT2D eigenvalue weighted by atomic mass is 10.2. The number of nitrogens with zero attached hydrogens (tertiary/aromatic N) is 3. The Morgan fingerprint density at radius 1 is 0.964 bits per heavy atom. The number of sulfonamides is 1. The van der Waals surface area contributed by atoms with Gasteiger partial charge in [0, 0.05) is 44.9 Å². The van der Waals surface area contributed by atoms with Gasteiger partial charge in [0.2, 0.25) is 15.9 Å². The van der Waals surface area contributed by atoms with Crippen LogP contribution in [0, 0.1) is 0 Å². The summed E-state index contributed by atoms with van der Waals surface area (Å²) in [5.41, 5.74) is 2.07. The van der Waals surface area contributed by atoms with E-state index in [0.29, 0.717) is 18.1 Å². The van der Waals surface area contributed by atoms with Crippen molar-refractivity contribution in [3.8, 4) is 0 Å². The maximum Gasteiger partial charge on any atom is 0.243 e. The van der Waals surface area contributed by atoms with E-state index in [1.165, 1.54) is 31.3 Å². The second-order valence-electron chi connectivity index (χ2n) is 6.68. The average molecular weight is 424 g/mol. The molecule has 2 aromatic rings. The summed E-state index contributed by atoms with van der Waals surface area (Å²) in [6.07, 6.45) is 0. The average Bonchev–Trinajstić information content (AvgIpc) is 2.66. The molecule has 8 heteroatoms. The lowest BCUT2D eigenvalue weighted by Gasteiger charge is -2.24. The molecule has 1 amide bonds. The van der Waals surface area contributed by atoms with Crippen LogP contribution >= 0.6 is 11.6 Å². The van der Waals surface area contributed by atoms with Gasteiger partial charge in [-0.1, -0.05) is 23.7 Å². The fourth-order valence-corrected chi connectivity index (χ4v) is 3.90. The van der Waals surface area contributed by atoms with Gasteiger partial charge in [0.05, 0.1) is 11.4 Å². The molecule has 0 atom stereocenters. The number of hydrogen-bond donors (Lipinski definition) is 0. The molecule has 0 saturated heterocycles. The highest BCUT2D eigenvalue weighted by Gasteiger charge is 2.25. The Bertz CT molecular complexity index is 897. The summed E-state index contributed by atoms with van der Waals surface area (Å²) >= 11 is 5.82. The standard InChI is InChI=1S/C20H26ClN3O3S/c1-5-24(14-16-6-10-18(11-7-16)22(2)3)20(25)15-23(4)28(26,27)19-12-8-17(21)9-13-19/h6-13H,5,14-15H2,1-4H3. The van der Waals surface area contributed by atoms with Gasteiger partial charge in [-0.05, 0) is 48.9 Å². The van der Waals surface area contributed by atoms with Crippen molar-refractivity contribution in [1.29, 1.82) is 0 Å². The molecular formula is C20H26ClN3O3S. The molecule has 152 valence electrons. The number of amides is 1. The summed E-state index contributed by atoms with van der Waals surface area (Å²) in [4.78, 5) is 16.4. The number of carbonyl (C=O) groups excluding carboxylic acids is 1.